The maximum absolute atomic E-state index is 14.7. The number of halogens is 4. The zero-order valence-electron chi connectivity index (χ0n) is 29.5. The Morgan fingerprint density at radius 2 is 0.862 bits per heavy atom. The highest BCUT2D eigenvalue weighted by molar-refractivity contribution is 6.34. The van der Waals surface area contributed by atoms with Gasteiger partial charge < -0.3 is 39.8 Å². The van der Waals surface area contributed by atoms with E-state index in [1.54, 1.807) is 36.4 Å². The van der Waals surface area contributed by atoms with Gasteiger partial charge in [-0.3, -0.25) is 9.59 Å². The molecule has 2 aliphatic heterocycles. The van der Waals surface area contributed by atoms with Crippen molar-refractivity contribution in [2.45, 2.75) is 0 Å². The average Bonchev–Trinajstić information content (AvgIpc) is 3.90. The highest BCUT2D eigenvalue weighted by Gasteiger charge is 2.23. The lowest BCUT2D eigenvalue weighted by Crippen LogP contribution is -2.18. The highest BCUT2D eigenvalue weighted by atomic mass is 35.5. The number of hydrogen-bond acceptors (Lipinski definition) is 8. The van der Waals surface area contributed by atoms with Gasteiger partial charge in [0.2, 0.25) is 13.6 Å². The first-order valence-electron chi connectivity index (χ1n) is 16.9. The van der Waals surface area contributed by atoms with Crippen molar-refractivity contribution in [2.75, 3.05) is 24.2 Å². The molecule has 0 saturated heterocycles. The van der Waals surface area contributed by atoms with Crippen LogP contribution in [0.15, 0.2) is 109 Å². The van der Waals surface area contributed by atoms with Gasteiger partial charge in [-0.25, -0.2) is 22.8 Å². The van der Waals surface area contributed by atoms with Gasteiger partial charge in [0.05, 0.1) is 33.0 Å². The molecular formula is C42H26ClF3N2O10. The number of hydrogen-bond donors (Lipinski definition) is 4. The molecule has 0 fully saturated rings. The minimum Gasteiger partial charge on any atom is -0.478 e. The third kappa shape index (κ3) is 8.06. The molecule has 0 spiro atoms. The normalized spacial score (nSPS) is 11.9. The van der Waals surface area contributed by atoms with E-state index in [4.69, 9.17) is 30.5 Å². The summed E-state index contributed by atoms with van der Waals surface area (Å²) >= 11 is 6.21. The van der Waals surface area contributed by atoms with E-state index in [1.807, 2.05) is 0 Å². The van der Waals surface area contributed by atoms with Crippen LogP contribution >= 0.6 is 11.6 Å². The monoisotopic (exact) mass is 810 g/mol. The van der Waals surface area contributed by atoms with Crippen molar-refractivity contribution in [3.63, 3.8) is 0 Å². The number of rotatable bonds is 8. The number of carboxylic acids is 2. The fourth-order valence-electron chi connectivity index (χ4n) is 5.97. The Bertz CT molecular complexity index is 2430. The fourth-order valence-corrected chi connectivity index (χ4v) is 6.22. The van der Waals surface area contributed by atoms with Crippen LogP contribution < -0.4 is 29.6 Å². The van der Waals surface area contributed by atoms with Crippen molar-refractivity contribution in [1.82, 2.24) is 0 Å². The third-order valence-electron chi connectivity index (χ3n) is 8.78. The van der Waals surface area contributed by atoms with Gasteiger partial charge in [-0.15, -0.1) is 0 Å². The molecule has 4 N–H and O–H groups in total. The van der Waals surface area contributed by atoms with Gasteiger partial charge in [-0.05, 0) is 95.1 Å². The number of aromatic carboxylic acids is 2. The van der Waals surface area contributed by atoms with Gasteiger partial charge in [-0.1, -0.05) is 48.0 Å². The molecule has 292 valence electrons. The second-order valence-electron chi connectivity index (χ2n) is 12.4. The maximum Gasteiger partial charge on any atom is 0.336 e. The summed E-state index contributed by atoms with van der Waals surface area (Å²) in [5, 5.41) is 22.8. The van der Waals surface area contributed by atoms with Gasteiger partial charge >= 0.3 is 11.9 Å². The second kappa shape index (κ2) is 16.3. The van der Waals surface area contributed by atoms with Gasteiger partial charge in [-0.2, -0.15) is 0 Å². The second-order valence-corrected chi connectivity index (χ2v) is 12.8. The van der Waals surface area contributed by atoms with Crippen LogP contribution in [0.4, 0.5) is 24.5 Å². The Morgan fingerprint density at radius 1 is 0.483 bits per heavy atom. The molecule has 8 rings (SSSR count). The molecule has 0 unspecified atom stereocenters. The molecule has 2 heterocycles. The number of carbonyl (C=O) groups is 4. The summed E-state index contributed by atoms with van der Waals surface area (Å²) in [7, 11) is 0. The minimum atomic E-state index is -1.32. The lowest BCUT2D eigenvalue weighted by molar-refractivity contribution is 0.0683. The Hall–Kier alpha value is -7.52. The Labute approximate surface area is 330 Å². The van der Waals surface area contributed by atoms with Crippen molar-refractivity contribution in [2.24, 2.45) is 0 Å². The molecule has 12 nitrogen and oxygen atoms in total. The molecule has 0 saturated carbocycles. The van der Waals surface area contributed by atoms with E-state index < -0.39 is 46.9 Å². The summed E-state index contributed by atoms with van der Waals surface area (Å²) in [6.07, 6.45) is 0. The number of fused-ring (bicyclic) bond motifs is 2. The van der Waals surface area contributed by atoms with E-state index in [2.05, 4.69) is 10.6 Å². The number of carboxylic acid groups (broad SMARTS) is 2. The standard InChI is InChI=1S/C21H13ClFNO5.C21H13F2NO5/c2*22-15-7-12(11-5-6-17-18(9-11)29-10-28-17)8-16(23)19(15)24-20(25)13-3-1-2-4-14(13)21(26)27/h2*1-9H,10H2,(H,24,25)(H,26,27). The van der Waals surface area contributed by atoms with Crippen LogP contribution in [0.25, 0.3) is 22.3 Å². The number of nitrogens with one attached hydrogen (secondary N) is 2. The van der Waals surface area contributed by atoms with Crippen molar-refractivity contribution in [1.29, 1.82) is 0 Å². The molecule has 2 aliphatic rings. The SMILES string of the molecule is O=C(O)c1ccccc1C(=O)Nc1c(F)cc(-c2ccc3c(c2)OCO3)cc1Cl.O=C(O)c1ccccc1C(=O)Nc1c(F)cc(-c2ccc3c(c2)OCO3)cc1F. The first-order chi connectivity index (χ1) is 27.9. The number of amides is 2. The summed E-state index contributed by atoms with van der Waals surface area (Å²) in [5.74, 6) is -4.92. The van der Waals surface area contributed by atoms with Crippen LogP contribution in [0.1, 0.15) is 41.4 Å². The Kier molecular flexibility index (Phi) is 10.9. The topological polar surface area (TPSA) is 170 Å². The lowest BCUT2D eigenvalue weighted by Gasteiger charge is -2.12. The van der Waals surface area contributed by atoms with Crippen LogP contribution in [0.2, 0.25) is 5.02 Å². The first kappa shape index (κ1) is 38.7. The summed E-state index contributed by atoms with van der Waals surface area (Å²) in [4.78, 5) is 47.4. The van der Waals surface area contributed by atoms with Crippen LogP contribution in [0, 0.1) is 17.5 Å². The Balaban J connectivity index is 0.000000177. The van der Waals surface area contributed by atoms with Crippen molar-refractivity contribution in [3.8, 4) is 45.3 Å². The molecule has 0 aromatic heterocycles. The number of carbonyl (C=O) groups excluding carboxylic acids is 2. The molecule has 6 aromatic carbocycles. The van der Waals surface area contributed by atoms with Crippen LogP contribution in [-0.2, 0) is 0 Å². The van der Waals surface area contributed by atoms with Crippen molar-refractivity contribution >= 4 is 46.7 Å². The van der Waals surface area contributed by atoms with E-state index in [-0.39, 0.29) is 52.1 Å². The predicted octanol–water partition coefficient (Wildman–Crippen LogP) is 9.14. The molecule has 58 heavy (non-hydrogen) atoms. The summed E-state index contributed by atoms with van der Waals surface area (Å²) < 4.78 is 64.9. The van der Waals surface area contributed by atoms with E-state index in [0.717, 1.165) is 12.1 Å². The summed E-state index contributed by atoms with van der Waals surface area (Å²) in [6.45, 7) is 0.195. The van der Waals surface area contributed by atoms with Crippen molar-refractivity contribution in [3.05, 3.63) is 154 Å². The first-order valence-corrected chi connectivity index (χ1v) is 17.3. The largest absolute Gasteiger partial charge is 0.478 e. The number of ether oxygens (including phenoxy) is 4. The fraction of sp³-hybridized carbons (Fsp3) is 0.0476. The minimum absolute atomic E-state index is 0.0289. The van der Waals surface area contributed by atoms with Gasteiger partial charge in [0.25, 0.3) is 11.8 Å². The van der Waals surface area contributed by atoms with Gasteiger partial charge in [0.15, 0.2) is 23.0 Å². The molecular weight excluding hydrogens is 785 g/mol. The maximum atomic E-state index is 14.7. The molecule has 6 aromatic rings. The van der Waals surface area contributed by atoms with Crippen LogP contribution in [-0.4, -0.2) is 47.6 Å². The van der Waals surface area contributed by atoms with E-state index in [9.17, 15) is 42.6 Å². The zero-order chi connectivity index (χ0) is 41.1. The molecule has 0 atom stereocenters. The van der Waals surface area contributed by atoms with Crippen molar-refractivity contribution < 1.29 is 61.5 Å². The molecule has 16 heteroatoms. The quantitative estimate of drug-likeness (QED) is 0.116. The molecule has 0 aliphatic carbocycles. The molecule has 0 radical (unpaired) electrons. The van der Waals surface area contributed by atoms with E-state index >= 15 is 0 Å². The van der Waals surface area contributed by atoms with Crippen LogP contribution in [0.3, 0.4) is 0 Å². The van der Waals surface area contributed by atoms with Gasteiger partial charge in [0.1, 0.15) is 23.1 Å². The smallest absolute Gasteiger partial charge is 0.336 e. The predicted molar refractivity (Wildman–Crippen MR) is 204 cm³/mol. The lowest BCUT2D eigenvalue weighted by atomic mass is 10.0. The summed E-state index contributed by atoms with van der Waals surface area (Å²) in [6, 6.07) is 25.9. The zero-order valence-corrected chi connectivity index (χ0v) is 30.2. The third-order valence-corrected chi connectivity index (χ3v) is 9.08. The summed E-state index contributed by atoms with van der Waals surface area (Å²) in [5.41, 5.74) is 0.193. The van der Waals surface area contributed by atoms with Gasteiger partial charge in [0, 0.05) is 0 Å². The van der Waals surface area contributed by atoms with E-state index in [1.165, 1.54) is 60.7 Å². The highest BCUT2D eigenvalue weighted by Crippen LogP contribution is 2.39. The number of anilines is 2. The molecule has 2 amide bonds. The van der Waals surface area contributed by atoms with E-state index in [0.29, 0.717) is 39.7 Å². The molecule has 0 bridgehead atoms. The Morgan fingerprint density at radius 3 is 1.29 bits per heavy atom. The number of benzene rings is 6. The average molecular weight is 811 g/mol. The van der Waals surface area contributed by atoms with Crippen LogP contribution in [0.5, 0.6) is 23.0 Å².